The molecule has 4 rings (SSSR count). The minimum absolute atomic E-state index is 0.0416. The largest absolute Gasteiger partial charge is 0.355 e. The second-order valence-electron chi connectivity index (χ2n) is 7.00. The number of rotatable bonds is 3. The number of amides is 2. The number of hydrogen-bond donors (Lipinski definition) is 0. The molecule has 1 aliphatic heterocycles. The molecule has 1 aliphatic rings. The van der Waals surface area contributed by atoms with E-state index < -0.39 is 5.82 Å². The summed E-state index contributed by atoms with van der Waals surface area (Å²) in [6.45, 7) is 1.57. The van der Waals surface area contributed by atoms with Crippen LogP contribution in [0.15, 0.2) is 59.1 Å². The molecular formula is C22H19ClFN3O3. The van der Waals surface area contributed by atoms with Crippen LogP contribution in [0.1, 0.15) is 27.3 Å². The van der Waals surface area contributed by atoms with Crippen molar-refractivity contribution in [2.24, 2.45) is 0 Å². The number of halogens is 2. The van der Waals surface area contributed by atoms with Crippen molar-refractivity contribution in [1.82, 2.24) is 15.0 Å². The molecule has 2 amide bonds. The molecule has 1 aromatic heterocycles. The molecule has 0 radical (unpaired) electrons. The predicted molar refractivity (Wildman–Crippen MR) is 110 cm³/mol. The van der Waals surface area contributed by atoms with E-state index in [4.69, 9.17) is 16.1 Å². The minimum atomic E-state index is -0.546. The molecular weight excluding hydrogens is 409 g/mol. The van der Waals surface area contributed by atoms with Crippen molar-refractivity contribution in [2.75, 3.05) is 26.2 Å². The van der Waals surface area contributed by atoms with Crippen LogP contribution < -0.4 is 0 Å². The molecule has 6 nitrogen and oxygen atoms in total. The fourth-order valence-electron chi connectivity index (χ4n) is 3.44. The lowest BCUT2D eigenvalue weighted by Crippen LogP contribution is -2.37. The Morgan fingerprint density at radius 1 is 0.933 bits per heavy atom. The Hall–Kier alpha value is -3.19. The molecule has 0 aliphatic carbocycles. The highest BCUT2D eigenvalue weighted by Crippen LogP contribution is 2.24. The lowest BCUT2D eigenvalue weighted by atomic mass is 10.1. The van der Waals surface area contributed by atoms with E-state index in [9.17, 15) is 14.0 Å². The zero-order valence-electron chi connectivity index (χ0n) is 16.1. The third-order valence-corrected chi connectivity index (χ3v) is 5.25. The first kappa shape index (κ1) is 20.1. The molecule has 0 atom stereocenters. The molecule has 154 valence electrons. The summed E-state index contributed by atoms with van der Waals surface area (Å²) in [5.74, 6) is -0.734. The Bertz CT molecular complexity index is 1080. The molecule has 8 heteroatoms. The zero-order valence-corrected chi connectivity index (χ0v) is 16.8. The van der Waals surface area contributed by atoms with Crippen LogP contribution in [0.4, 0.5) is 4.39 Å². The summed E-state index contributed by atoms with van der Waals surface area (Å²) in [4.78, 5) is 28.7. The van der Waals surface area contributed by atoms with Crippen LogP contribution in [0, 0.1) is 5.82 Å². The van der Waals surface area contributed by atoms with Crippen LogP contribution in [-0.4, -0.2) is 52.9 Å². The number of carbonyl (C=O) groups is 2. The summed E-state index contributed by atoms with van der Waals surface area (Å²) in [7, 11) is 0. The van der Waals surface area contributed by atoms with Gasteiger partial charge >= 0.3 is 0 Å². The monoisotopic (exact) mass is 427 g/mol. The topological polar surface area (TPSA) is 66.7 Å². The van der Waals surface area contributed by atoms with Crippen molar-refractivity contribution in [2.45, 2.75) is 6.42 Å². The molecule has 0 unspecified atom stereocenters. The quantitative estimate of drug-likeness (QED) is 0.630. The highest BCUT2D eigenvalue weighted by Gasteiger charge is 2.26. The molecule has 1 saturated heterocycles. The van der Waals surface area contributed by atoms with Gasteiger partial charge in [-0.05, 0) is 30.7 Å². The second kappa shape index (κ2) is 8.67. The summed E-state index contributed by atoms with van der Waals surface area (Å²) in [6.07, 6.45) is 0.588. The molecule has 3 aromatic rings. The van der Waals surface area contributed by atoms with Crippen LogP contribution in [0.2, 0.25) is 5.02 Å². The molecule has 0 saturated carbocycles. The Labute approximate surface area is 177 Å². The molecule has 2 heterocycles. The standard InChI is InChI=1S/C22H19ClFN3O3/c23-16-6-3-5-15(13-16)20-14-19(25-30-20)22(29)27-10-4-9-26(11-12-27)21(28)17-7-1-2-8-18(17)24/h1-3,5-8,13-14H,4,9-12H2. The molecule has 0 N–H and O–H groups in total. The van der Waals surface area contributed by atoms with Gasteiger partial charge in [0.2, 0.25) is 0 Å². The van der Waals surface area contributed by atoms with Gasteiger partial charge in [0, 0.05) is 42.8 Å². The van der Waals surface area contributed by atoms with Crippen LogP contribution in [-0.2, 0) is 0 Å². The lowest BCUT2D eigenvalue weighted by molar-refractivity contribution is 0.0711. The first-order valence-corrected chi connectivity index (χ1v) is 9.96. The summed E-state index contributed by atoms with van der Waals surface area (Å²) in [5.41, 5.74) is 0.963. The average Bonchev–Trinajstić information content (AvgIpc) is 3.11. The SMILES string of the molecule is O=C(c1cc(-c2cccc(Cl)c2)on1)N1CCCN(C(=O)c2ccccc2F)CC1. The lowest BCUT2D eigenvalue weighted by Gasteiger charge is -2.21. The van der Waals surface area contributed by atoms with E-state index in [1.54, 1.807) is 46.2 Å². The average molecular weight is 428 g/mol. The number of nitrogens with zero attached hydrogens (tertiary/aromatic N) is 3. The summed E-state index contributed by atoms with van der Waals surface area (Å²) >= 11 is 6.00. The zero-order chi connectivity index (χ0) is 21.1. The Balaban J connectivity index is 1.44. The van der Waals surface area contributed by atoms with E-state index in [0.717, 1.165) is 5.56 Å². The molecule has 0 bridgehead atoms. The third kappa shape index (κ3) is 4.21. The Morgan fingerprint density at radius 3 is 2.40 bits per heavy atom. The van der Waals surface area contributed by atoms with Crippen LogP contribution in [0.3, 0.4) is 0 Å². The normalized spacial score (nSPS) is 14.5. The predicted octanol–water partition coefficient (Wildman–Crippen LogP) is 4.12. The van der Waals surface area contributed by atoms with E-state index in [2.05, 4.69) is 5.16 Å². The molecule has 0 spiro atoms. The number of carbonyl (C=O) groups excluding carboxylic acids is 2. The molecule has 30 heavy (non-hydrogen) atoms. The second-order valence-corrected chi connectivity index (χ2v) is 7.44. The summed E-state index contributed by atoms with van der Waals surface area (Å²) in [6, 6.07) is 14.6. The van der Waals surface area contributed by atoms with Crippen molar-refractivity contribution in [3.05, 3.63) is 76.7 Å². The molecule has 2 aromatic carbocycles. The number of hydrogen-bond acceptors (Lipinski definition) is 4. The van der Waals surface area contributed by atoms with Gasteiger partial charge in [-0.25, -0.2) is 4.39 Å². The van der Waals surface area contributed by atoms with Gasteiger partial charge in [0.05, 0.1) is 5.56 Å². The van der Waals surface area contributed by atoms with Gasteiger partial charge < -0.3 is 14.3 Å². The van der Waals surface area contributed by atoms with Crippen LogP contribution in [0.25, 0.3) is 11.3 Å². The van der Waals surface area contributed by atoms with Crippen LogP contribution >= 0.6 is 11.6 Å². The Morgan fingerprint density at radius 2 is 1.67 bits per heavy atom. The van der Waals surface area contributed by atoms with E-state index in [0.29, 0.717) is 43.4 Å². The van der Waals surface area contributed by atoms with E-state index in [1.165, 1.54) is 12.1 Å². The van der Waals surface area contributed by atoms with Gasteiger partial charge in [0.25, 0.3) is 11.8 Å². The summed E-state index contributed by atoms with van der Waals surface area (Å²) in [5, 5.41) is 4.46. The van der Waals surface area contributed by atoms with Crippen LogP contribution in [0.5, 0.6) is 0 Å². The van der Waals surface area contributed by atoms with Crippen molar-refractivity contribution in [3.63, 3.8) is 0 Å². The van der Waals surface area contributed by atoms with Gasteiger partial charge in [-0.3, -0.25) is 9.59 Å². The first-order chi connectivity index (χ1) is 14.5. The van der Waals surface area contributed by atoms with Crippen molar-refractivity contribution in [1.29, 1.82) is 0 Å². The fourth-order valence-corrected chi connectivity index (χ4v) is 3.63. The van der Waals surface area contributed by atoms with E-state index in [-0.39, 0.29) is 23.1 Å². The van der Waals surface area contributed by atoms with Crippen molar-refractivity contribution < 1.29 is 18.5 Å². The van der Waals surface area contributed by atoms with E-state index >= 15 is 0 Å². The van der Waals surface area contributed by atoms with Crippen molar-refractivity contribution >= 4 is 23.4 Å². The maximum absolute atomic E-state index is 14.0. The number of aromatic nitrogens is 1. The highest BCUT2D eigenvalue weighted by atomic mass is 35.5. The van der Waals surface area contributed by atoms with Gasteiger partial charge in [0.15, 0.2) is 11.5 Å². The third-order valence-electron chi connectivity index (χ3n) is 5.01. The fraction of sp³-hybridized carbons (Fsp3) is 0.227. The minimum Gasteiger partial charge on any atom is -0.355 e. The highest BCUT2D eigenvalue weighted by molar-refractivity contribution is 6.30. The first-order valence-electron chi connectivity index (χ1n) is 9.58. The maximum Gasteiger partial charge on any atom is 0.276 e. The smallest absolute Gasteiger partial charge is 0.276 e. The van der Waals surface area contributed by atoms with Gasteiger partial charge in [0.1, 0.15) is 5.82 Å². The maximum atomic E-state index is 14.0. The summed E-state index contributed by atoms with van der Waals surface area (Å²) < 4.78 is 19.3. The van der Waals surface area contributed by atoms with Gasteiger partial charge in [-0.15, -0.1) is 0 Å². The molecule has 1 fully saturated rings. The van der Waals surface area contributed by atoms with E-state index in [1.807, 2.05) is 6.07 Å². The van der Waals surface area contributed by atoms with Crippen molar-refractivity contribution in [3.8, 4) is 11.3 Å². The van der Waals surface area contributed by atoms with Gasteiger partial charge in [-0.2, -0.15) is 0 Å². The van der Waals surface area contributed by atoms with Gasteiger partial charge in [-0.1, -0.05) is 41.0 Å². The number of benzene rings is 2. The Kier molecular flexibility index (Phi) is 5.81.